The summed E-state index contributed by atoms with van der Waals surface area (Å²) in [4.78, 5) is 0. The van der Waals surface area contributed by atoms with Crippen LogP contribution >= 0.6 is 0 Å². The Morgan fingerprint density at radius 3 is 2.21 bits per heavy atom. The Bertz CT molecular complexity index is 221. The van der Waals surface area contributed by atoms with Crippen LogP contribution in [0.5, 0.6) is 0 Å². The minimum Gasteiger partial charge on any atom is -0.382 e. The molecule has 0 aromatic heterocycles. The van der Waals surface area contributed by atoms with Gasteiger partial charge < -0.3 is 14.8 Å². The van der Waals surface area contributed by atoms with Crippen LogP contribution in [0.4, 0.5) is 0 Å². The number of hydrogen-bond donors (Lipinski definition) is 1. The smallest absolute Gasteiger partial charge is 0.0700 e. The molecule has 2 rings (SSSR count). The molecule has 2 aliphatic carbocycles. The average Bonchev–Trinajstić information content (AvgIpc) is 2.46. The lowest BCUT2D eigenvalue weighted by molar-refractivity contribution is 0.0411. The van der Waals surface area contributed by atoms with Gasteiger partial charge >= 0.3 is 0 Å². The lowest BCUT2D eigenvalue weighted by atomic mass is 9.85. The van der Waals surface area contributed by atoms with Crippen molar-refractivity contribution in [3.05, 3.63) is 0 Å². The van der Waals surface area contributed by atoms with Crippen LogP contribution in [0.15, 0.2) is 0 Å². The van der Waals surface area contributed by atoms with Gasteiger partial charge in [0.05, 0.1) is 13.2 Å². The summed E-state index contributed by atoms with van der Waals surface area (Å²) in [7, 11) is 1.73. The van der Waals surface area contributed by atoms with Gasteiger partial charge in [-0.1, -0.05) is 19.3 Å². The quantitative estimate of drug-likeness (QED) is 0.720. The first-order valence-corrected chi connectivity index (χ1v) is 8.21. The molecule has 1 N–H and O–H groups in total. The molecule has 0 heterocycles. The maximum absolute atomic E-state index is 5.65. The highest BCUT2D eigenvalue weighted by atomic mass is 16.5. The zero-order chi connectivity index (χ0) is 13.3. The van der Waals surface area contributed by atoms with Crippen LogP contribution in [0.1, 0.15) is 57.8 Å². The Morgan fingerprint density at radius 2 is 1.53 bits per heavy atom. The molecule has 0 radical (unpaired) electrons. The maximum atomic E-state index is 5.65. The Hall–Kier alpha value is -0.120. The standard InChI is InChI=1S/C16H31NO2/c1-18-11-12-19-13-14-7-9-16(10-8-14)17-15-5-3-2-4-6-15/h14-17H,2-13H2,1H3/t14-,16-. The first-order valence-electron chi connectivity index (χ1n) is 8.21. The molecule has 19 heavy (non-hydrogen) atoms. The average molecular weight is 269 g/mol. The van der Waals surface area contributed by atoms with E-state index in [9.17, 15) is 0 Å². The molecule has 2 fully saturated rings. The second kappa shape index (κ2) is 8.93. The third-order valence-electron chi connectivity index (χ3n) is 4.71. The van der Waals surface area contributed by atoms with Crippen LogP contribution in [0.25, 0.3) is 0 Å². The summed E-state index contributed by atoms with van der Waals surface area (Å²) >= 11 is 0. The predicted molar refractivity (Wildman–Crippen MR) is 78.4 cm³/mol. The van der Waals surface area contributed by atoms with E-state index in [-0.39, 0.29) is 0 Å². The molecule has 0 amide bonds. The Kier molecular flexibility index (Phi) is 7.18. The molecule has 3 nitrogen and oxygen atoms in total. The molecule has 0 atom stereocenters. The van der Waals surface area contributed by atoms with E-state index in [1.165, 1.54) is 57.8 Å². The number of hydrogen-bond acceptors (Lipinski definition) is 3. The summed E-state index contributed by atoms with van der Waals surface area (Å²) in [6.45, 7) is 2.40. The van der Waals surface area contributed by atoms with E-state index in [1.54, 1.807) is 7.11 Å². The molecule has 112 valence electrons. The number of methoxy groups -OCH3 is 1. The van der Waals surface area contributed by atoms with Crippen molar-refractivity contribution in [1.82, 2.24) is 5.32 Å². The molecule has 0 spiro atoms. The number of ether oxygens (including phenoxy) is 2. The molecule has 0 aromatic carbocycles. The van der Waals surface area contributed by atoms with Gasteiger partial charge in [-0.05, 0) is 44.4 Å². The largest absolute Gasteiger partial charge is 0.382 e. The van der Waals surface area contributed by atoms with Crippen molar-refractivity contribution in [3.8, 4) is 0 Å². The maximum Gasteiger partial charge on any atom is 0.0700 e. The fraction of sp³-hybridized carbons (Fsp3) is 1.00. The Morgan fingerprint density at radius 1 is 0.842 bits per heavy atom. The fourth-order valence-corrected chi connectivity index (χ4v) is 3.49. The van der Waals surface area contributed by atoms with Gasteiger partial charge in [-0.3, -0.25) is 0 Å². The van der Waals surface area contributed by atoms with Gasteiger partial charge in [0.15, 0.2) is 0 Å². The van der Waals surface area contributed by atoms with Crippen molar-refractivity contribution < 1.29 is 9.47 Å². The Balaban J connectivity index is 1.54. The second-order valence-electron chi connectivity index (χ2n) is 6.29. The summed E-state index contributed by atoms with van der Waals surface area (Å²) in [5.41, 5.74) is 0. The molecule has 0 aliphatic heterocycles. The molecule has 0 saturated heterocycles. The van der Waals surface area contributed by atoms with E-state index >= 15 is 0 Å². The summed E-state index contributed by atoms with van der Waals surface area (Å²) < 4.78 is 10.7. The third kappa shape index (κ3) is 5.80. The van der Waals surface area contributed by atoms with Gasteiger partial charge in [0.1, 0.15) is 0 Å². The molecule has 0 bridgehead atoms. The summed E-state index contributed by atoms with van der Waals surface area (Å²) in [5, 5.41) is 3.89. The van der Waals surface area contributed by atoms with Crippen LogP contribution in [0.3, 0.4) is 0 Å². The molecule has 0 aromatic rings. The third-order valence-corrected chi connectivity index (χ3v) is 4.71. The molecule has 3 heteroatoms. The first kappa shape index (κ1) is 15.3. The van der Waals surface area contributed by atoms with E-state index in [0.29, 0.717) is 0 Å². The number of nitrogens with one attached hydrogen (secondary N) is 1. The zero-order valence-electron chi connectivity index (χ0n) is 12.5. The second-order valence-corrected chi connectivity index (χ2v) is 6.29. The van der Waals surface area contributed by atoms with Gasteiger partial charge in [-0.2, -0.15) is 0 Å². The normalized spacial score (nSPS) is 29.5. The van der Waals surface area contributed by atoms with E-state index < -0.39 is 0 Å². The van der Waals surface area contributed by atoms with Crippen molar-refractivity contribution in [2.45, 2.75) is 69.9 Å². The van der Waals surface area contributed by atoms with Crippen molar-refractivity contribution in [3.63, 3.8) is 0 Å². The van der Waals surface area contributed by atoms with Crippen molar-refractivity contribution in [1.29, 1.82) is 0 Å². The van der Waals surface area contributed by atoms with Crippen LogP contribution in [0.2, 0.25) is 0 Å². The minimum atomic E-state index is 0.721. The van der Waals surface area contributed by atoms with Crippen LogP contribution in [-0.2, 0) is 9.47 Å². The van der Waals surface area contributed by atoms with Gasteiger partial charge in [-0.15, -0.1) is 0 Å². The van der Waals surface area contributed by atoms with Gasteiger partial charge in [0, 0.05) is 25.8 Å². The van der Waals surface area contributed by atoms with E-state index in [1.807, 2.05) is 0 Å². The van der Waals surface area contributed by atoms with Crippen LogP contribution in [0, 0.1) is 5.92 Å². The zero-order valence-corrected chi connectivity index (χ0v) is 12.5. The highest BCUT2D eigenvalue weighted by Crippen LogP contribution is 2.26. The summed E-state index contributed by atoms with van der Waals surface area (Å²) in [6.07, 6.45) is 12.5. The van der Waals surface area contributed by atoms with Crippen LogP contribution < -0.4 is 5.32 Å². The van der Waals surface area contributed by atoms with E-state index in [4.69, 9.17) is 9.47 Å². The van der Waals surface area contributed by atoms with Gasteiger partial charge in [0.25, 0.3) is 0 Å². The topological polar surface area (TPSA) is 30.5 Å². The highest BCUT2D eigenvalue weighted by molar-refractivity contribution is 4.82. The fourth-order valence-electron chi connectivity index (χ4n) is 3.49. The summed E-state index contributed by atoms with van der Waals surface area (Å²) in [6, 6.07) is 1.59. The van der Waals surface area contributed by atoms with Gasteiger partial charge in [-0.25, -0.2) is 0 Å². The lowest BCUT2D eigenvalue weighted by Gasteiger charge is -2.33. The summed E-state index contributed by atoms with van der Waals surface area (Å²) in [5.74, 6) is 0.779. The number of rotatable bonds is 7. The van der Waals surface area contributed by atoms with Crippen molar-refractivity contribution in [2.75, 3.05) is 26.9 Å². The van der Waals surface area contributed by atoms with Crippen molar-refractivity contribution >= 4 is 0 Å². The molecule has 2 aliphatic rings. The monoisotopic (exact) mass is 269 g/mol. The SMILES string of the molecule is COCCOC[C@H]1CC[C@H](NC2CCCCC2)CC1. The highest BCUT2D eigenvalue weighted by Gasteiger charge is 2.23. The van der Waals surface area contributed by atoms with Crippen molar-refractivity contribution in [2.24, 2.45) is 5.92 Å². The van der Waals surface area contributed by atoms with Crippen LogP contribution in [-0.4, -0.2) is 39.0 Å². The lowest BCUT2D eigenvalue weighted by Crippen LogP contribution is -2.41. The van der Waals surface area contributed by atoms with Gasteiger partial charge in [0.2, 0.25) is 0 Å². The molecule has 0 unspecified atom stereocenters. The Labute approximate surface area is 118 Å². The predicted octanol–water partition coefficient (Wildman–Crippen LogP) is 3.13. The van der Waals surface area contributed by atoms with E-state index in [2.05, 4.69) is 5.32 Å². The molecule has 2 saturated carbocycles. The molecular weight excluding hydrogens is 238 g/mol. The molecular formula is C16H31NO2. The minimum absolute atomic E-state index is 0.721. The first-order chi connectivity index (χ1) is 9.38. The van der Waals surface area contributed by atoms with E-state index in [0.717, 1.165) is 37.8 Å².